The Labute approximate surface area is 186 Å². The number of hydrogen-bond donors (Lipinski definition) is 1. The van der Waals surface area contributed by atoms with E-state index in [0.717, 1.165) is 56.8 Å². The maximum absolute atomic E-state index is 13.0. The smallest absolute Gasteiger partial charge is 0.318 e. The molecule has 0 bridgehead atoms. The Morgan fingerprint density at radius 2 is 1.84 bits per heavy atom. The van der Waals surface area contributed by atoms with Gasteiger partial charge in [-0.2, -0.15) is 0 Å². The summed E-state index contributed by atoms with van der Waals surface area (Å²) >= 11 is 0. The van der Waals surface area contributed by atoms with Crippen LogP contribution >= 0.6 is 0 Å². The minimum atomic E-state index is 0.00302. The molecule has 1 atom stereocenters. The predicted molar refractivity (Wildman–Crippen MR) is 124 cm³/mol. The quantitative estimate of drug-likeness (QED) is 0.638. The summed E-state index contributed by atoms with van der Waals surface area (Å²) in [6.45, 7) is 9.32. The molecule has 1 N–H and O–H groups in total. The van der Waals surface area contributed by atoms with Gasteiger partial charge in [0.05, 0.1) is 6.04 Å². The van der Waals surface area contributed by atoms with Crippen LogP contribution in [0.1, 0.15) is 56.7 Å². The number of pyridine rings is 1. The molecule has 1 saturated heterocycles. The lowest BCUT2D eigenvalue weighted by Gasteiger charge is -2.30. The largest absolute Gasteiger partial charge is 0.492 e. The van der Waals surface area contributed by atoms with Crippen LogP contribution in [0, 0.1) is 0 Å². The maximum Gasteiger partial charge on any atom is 0.318 e. The lowest BCUT2D eigenvalue weighted by Crippen LogP contribution is -2.41. The number of rotatable bonds is 9. The van der Waals surface area contributed by atoms with Gasteiger partial charge in [0.15, 0.2) is 0 Å². The molecule has 6 heteroatoms. The zero-order valence-corrected chi connectivity index (χ0v) is 18.9. The number of amides is 2. The molecule has 0 aliphatic carbocycles. The van der Waals surface area contributed by atoms with Gasteiger partial charge >= 0.3 is 6.03 Å². The highest BCUT2D eigenvalue weighted by Crippen LogP contribution is 2.29. The second-order valence-electron chi connectivity index (χ2n) is 8.02. The lowest BCUT2D eigenvalue weighted by molar-refractivity contribution is 0.175. The summed E-state index contributed by atoms with van der Waals surface area (Å²) in [5, 5.41) is 3.11. The fraction of sp³-hybridized carbons (Fsp3) is 0.520. The summed E-state index contributed by atoms with van der Waals surface area (Å²) in [5.74, 6) is 0.868. The Morgan fingerprint density at radius 3 is 2.55 bits per heavy atom. The van der Waals surface area contributed by atoms with E-state index in [1.165, 1.54) is 12.0 Å². The number of likely N-dealkylation sites (N-methyl/N-ethyl adjacent to an activating group) is 1. The summed E-state index contributed by atoms with van der Waals surface area (Å²) in [5.41, 5.74) is 2.23. The van der Waals surface area contributed by atoms with Gasteiger partial charge in [0.1, 0.15) is 12.4 Å². The van der Waals surface area contributed by atoms with Gasteiger partial charge in [-0.25, -0.2) is 4.79 Å². The van der Waals surface area contributed by atoms with Crippen LogP contribution in [0.5, 0.6) is 5.75 Å². The maximum atomic E-state index is 13.0. The molecule has 1 aromatic heterocycles. The Bertz CT molecular complexity index is 778. The van der Waals surface area contributed by atoms with Crippen LogP contribution in [0.2, 0.25) is 0 Å². The van der Waals surface area contributed by atoms with E-state index in [1.807, 2.05) is 53.7 Å². The average Bonchev–Trinajstić information content (AvgIpc) is 3.08. The van der Waals surface area contributed by atoms with E-state index in [0.29, 0.717) is 13.2 Å². The third-order valence-electron chi connectivity index (χ3n) is 6.04. The first-order valence-electron chi connectivity index (χ1n) is 11.6. The number of likely N-dealkylation sites (tertiary alicyclic amines) is 1. The summed E-state index contributed by atoms with van der Waals surface area (Å²) in [6, 6.07) is 12.2. The Hall–Kier alpha value is -2.60. The molecule has 31 heavy (non-hydrogen) atoms. The first kappa shape index (κ1) is 23.1. The third-order valence-corrected chi connectivity index (χ3v) is 6.04. The van der Waals surface area contributed by atoms with E-state index in [-0.39, 0.29) is 12.1 Å². The van der Waals surface area contributed by atoms with Crippen LogP contribution in [-0.2, 0) is 6.54 Å². The first-order chi connectivity index (χ1) is 15.2. The number of carbonyl (C=O) groups is 1. The molecular formula is C25H36N4O2. The van der Waals surface area contributed by atoms with Crippen molar-refractivity contribution in [2.75, 3.05) is 32.8 Å². The predicted octanol–water partition coefficient (Wildman–Crippen LogP) is 4.63. The van der Waals surface area contributed by atoms with Crippen LogP contribution < -0.4 is 10.1 Å². The van der Waals surface area contributed by atoms with E-state index >= 15 is 0 Å². The number of hydrogen-bond acceptors (Lipinski definition) is 4. The van der Waals surface area contributed by atoms with Crippen molar-refractivity contribution < 1.29 is 9.53 Å². The van der Waals surface area contributed by atoms with Gasteiger partial charge in [-0.1, -0.05) is 38.8 Å². The van der Waals surface area contributed by atoms with Gasteiger partial charge < -0.3 is 19.9 Å². The summed E-state index contributed by atoms with van der Waals surface area (Å²) in [4.78, 5) is 21.5. The Morgan fingerprint density at radius 1 is 1.10 bits per heavy atom. The number of nitrogens with one attached hydrogen (secondary N) is 1. The van der Waals surface area contributed by atoms with Crippen molar-refractivity contribution in [1.82, 2.24) is 20.1 Å². The van der Waals surface area contributed by atoms with Crippen molar-refractivity contribution in [3.63, 3.8) is 0 Å². The van der Waals surface area contributed by atoms with Crippen molar-refractivity contribution in [1.29, 1.82) is 0 Å². The molecule has 1 aromatic carbocycles. The SMILES string of the molecule is CCN(CC)CCOc1ccc(CNC(=O)N2CCCCCC2c2ccncc2)cc1. The number of carbonyl (C=O) groups excluding carboxylic acids is 1. The second kappa shape index (κ2) is 12.3. The summed E-state index contributed by atoms with van der Waals surface area (Å²) < 4.78 is 5.85. The molecule has 2 heterocycles. The van der Waals surface area contributed by atoms with Gasteiger partial charge in [0, 0.05) is 32.0 Å². The Kier molecular flexibility index (Phi) is 9.16. The highest BCUT2D eigenvalue weighted by molar-refractivity contribution is 5.74. The molecule has 1 aliphatic heterocycles. The zero-order chi connectivity index (χ0) is 21.9. The zero-order valence-electron chi connectivity index (χ0n) is 18.9. The lowest BCUT2D eigenvalue weighted by atomic mass is 10.0. The van der Waals surface area contributed by atoms with Crippen molar-refractivity contribution in [2.45, 2.75) is 52.1 Å². The summed E-state index contributed by atoms with van der Waals surface area (Å²) in [7, 11) is 0. The van der Waals surface area contributed by atoms with Crippen LogP contribution in [0.3, 0.4) is 0 Å². The van der Waals surface area contributed by atoms with Crippen molar-refractivity contribution in [3.05, 3.63) is 59.9 Å². The topological polar surface area (TPSA) is 57.7 Å². The fourth-order valence-corrected chi connectivity index (χ4v) is 4.10. The minimum absolute atomic E-state index is 0.00302. The van der Waals surface area contributed by atoms with E-state index < -0.39 is 0 Å². The van der Waals surface area contributed by atoms with Crippen LogP contribution in [0.4, 0.5) is 4.79 Å². The van der Waals surface area contributed by atoms with Crippen LogP contribution in [0.25, 0.3) is 0 Å². The van der Waals surface area contributed by atoms with Crippen molar-refractivity contribution in [3.8, 4) is 5.75 Å². The average molecular weight is 425 g/mol. The standard InChI is InChI=1S/C25H36N4O2/c1-3-28(4-2)18-19-31-23-11-9-21(10-12-23)20-27-25(30)29-17-7-5-6-8-24(29)22-13-15-26-16-14-22/h9-16,24H,3-8,17-20H2,1-2H3,(H,27,30). The van der Waals surface area contributed by atoms with Gasteiger partial charge in [-0.15, -0.1) is 0 Å². The second-order valence-corrected chi connectivity index (χ2v) is 8.02. The minimum Gasteiger partial charge on any atom is -0.492 e. The number of nitrogens with zero attached hydrogens (tertiary/aromatic N) is 3. The molecule has 2 aromatic rings. The molecule has 1 aliphatic rings. The van der Waals surface area contributed by atoms with Crippen LogP contribution in [0.15, 0.2) is 48.8 Å². The number of benzene rings is 1. The molecule has 0 radical (unpaired) electrons. The molecule has 2 amide bonds. The molecule has 3 rings (SSSR count). The molecule has 0 saturated carbocycles. The highest BCUT2D eigenvalue weighted by Gasteiger charge is 2.26. The van der Waals surface area contributed by atoms with E-state index in [1.54, 1.807) is 0 Å². The van der Waals surface area contributed by atoms with Gasteiger partial charge in [-0.3, -0.25) is 4.98 Å². The highest BCUT2D eigenvalue weighted by atomic mass is 16.5. The third kappa shape index (κ3) is 6.96. The normalized spacial score (nSPS) is 16.7. The van der Waals surface area contributed by atoms with Gasteiger partial charge in [-0.05, 0) is 61.3 Å². The molecular weight excluding hydrogens is 388 g/mol. The summed E-state index contributed by atoms with van der Waals surface area (Å²) in [6.07, 6.45) is 7.98. The van der Waals surface area contributed by atoms with Crippen LogP contribution in [-0.4, -0.2) is 53.6 Å². The van der Waals surface area contributed by atoms with Gasteiger partial charge in [0.25, 0.3) is 0 Å². The molecule has 0 spiro atoms. The number of urea groups is 1. The van der Waals surface area contributed by atoms with E-state index in [4.69, 9.17) is 4.74 Å². The van der Waals surface area contributed by atoms with E-state index in [2.05, 4.69) is 29.0 Å². The van der Waals surface area contributed by atoms with Crippen molar-refractivity contribution >= 4 is 6.03 Å². The molecule has 1 unspecified atom stereocenters. The van der Waals surface area contributed by atoms with E-state index in [9.17, 15) is 4.79 Å². The monoisotopic (exact) mass is 424 g/mol. The molecule has 6 nitrogen and oxygen atoms in total. The number of aromatic nitrogens is 1. The first-order valence-corrected chi connectivity index (χ1v) is 11.6. The Balaban J connectivity index is 1.52. The molecule has 168 valence electrons. The number of ether oxygens (including phenoxy) is 1. The van der Waals surface area contributed by atoms with Gasteiger partial charge in [0.2, 0.25) is 0 Å². The van der Waals surface area contributed by atoms with Crippen molar-refractivity contribution in [2.24, 2.45) is 0 Å². The molecule has 1 fully saturated rings. The fourth-order valence-electron chi connectivity index (χ4n) is 4.10.